The minimum Gasteiger partial charge on any atom is -0.491 e. The predicted molar refractivity (Wildman–Crippen MR) is 234 cm³/mol. The molecule has 10 rings (SSSR count). The predicted octanol–water partition coefficient (Wildman–Crippen LogP) is 7.11. The average Bonchev–Trinajstić information content (AvgIpc) is 3.66. The molecule has 326 valence electrons. The summed E-state index contributed by atoms with van der Waals surface area (Å²) in [5, 5.41) is 8.63. The number of rotatable bonds is 12. The van der Waals surface area contributed by atoms with E-state index in [4.69, 9.17) is 33.8 Å². The summed E-state index contributed by atoms with van der Waals surface area (Å²) in [4.78, 5) is 37.9. The minimum atomic E-state index is -1.48. The summed E-state index contributed by atoms with van der Waals surface area (Å²) < 4.78 is 36.5. The molecular weight excluding hydrogens is 773 g/mol. The topological polar surface area (TPSA) is 130 Å². The van der Waals surface area contributed by atoms with E-state index in [0.29, 0.717) is 42.5 Å². The van der Waals surface area contributed by atoms with Gasteiger partial charge in [0, 0.05) is 67.7 Å². The van der Waals surface area contributed by atoms with Crippen molar-refractivity contribution >= 4 is 29.5 Å². The number of ether oxygens (including phenoxy) is 5. The van der Waals surface area contributed by atoms with Crippen molar-refractivity contribution in [1.29, 1.82) is 0 Å². The first-order chi connectivity index (χ1) is 29.0. The van der Waals surface area contributed by atoms with Crippen LogP contribution in [0.25, 0.3) is 11.8 Å². The molecule has 3 saturated carbocycles. The fourth-order valence-corrected chi connectivity index (χ4v) is 11.2. The Bertz CT molecular complexity index is 2320. The molecule has 0 radical (unpaired) electrons. The molecule has 1 N–H and O–H groups in total. The third-order valence-corrected chi connectivity index (χ3v) is 14.3. The maximum atomic E-state index is 15.5. The van der Waals surface area contributed by atoms with Crippen LogP contribution < -0.4 is 19.5 Å². The van der Waals surface area contributed by atoms with E-state index in [9.17, 15) is 4.79 Å². The van der Waals surface area contributed by atoms with Gasteiger partial charge in [-0.25, -0.2) is 14.5 Å². The maximum absolute atomic E-state index is 15.5. The van der Waals surface area contributed by atoms with E-state index in [1.807, 2.05) is 4.68 Å². The molecule has 2 aromatic rings. The van der Waals surface area contributed by atoms with Gasteiger partial charge in [-0.1, -0.05) is 29.4 Å². The highest BCUT2D eigenvalue weighted by atomic mass is 16.6. The number of carbonyl (C=O) groups is 2. The number of hydrogen-bond acceptors (Lipinski definition) is 12. The van der Waals surface area contributed by atoms with Crippen molar-refractivity contribution in [3.63, 3.8) is 0 Å². The van der Waals surface area contributed by atoms with Gasteiger partial charge in [0.05, 0.1) is 35.6 Å². The molecular formula is C48H62N6O7. The van der Waals surface area contributed by atoms with Gasteiger partial charge < -0.3 is 33.9 Å². The number of allylic oxidation sites excluding steroid dienone is 4. The normalized spacial score (nSPS) is 30.3. The Morgan fingerprint density at radius 2 is 1.77 bits per heavy atom. The molecule has 6 bridgehead atoms. The number of Topliss-reactive ketones (excluding diaryl/α,β-unsaturated/α-hetero) is 1. The van der Waals surface area contributed by atoms with Crippen LogP contribution in [-0.2, 0) is 25.5 Å². The number of ketones is 1. The van der Waals surface area contributed by atoms with Crippen LogP contribution in [-0.4, -0.2) is 112 Å². The van der Waals surface area contributed by atoms with Crippen molar-refractivity contribution in [1.82, 2.24) is 24.6 Å². The highest BCUT2D eigenvalue weighted by Gasteiger charge is 2.84. The van der Waals surface area contributed by atoms with Crippen molar-refractivity contribution < 1.29 is 33.3 Å². The van der Waals surface area contributed by atoms with Gasteiger partial charge in [-0.15, -0.1) is 5.10 Å². The summed E-state index contributed by atoms with van der Waals surface area (Å²) in [5.41, 5.74) is 2.87. The lowest BCUT2D eigenvalue weighted by molar-refractivity contribution is -0.181. The highest BCUT2D eigenvalue weighted by molar-refractivity contribution is 6.02. The van der Waals surface area contributed by atoms with Crippen LogP contribution in [0.2, 0.25) is 0 Å². The molecule has 6 heterocycles. The van der Waals surface area contributed by atoms with Crippen molar-refractivity contribution in [3.05, 3.63) is 69.6 Å². The highest BCUT2D eigenvalue weighted by Crippen LogP contribution is 2.73. The van der Waals surface area contributed by atoms with E-state index in [-0.39, 0.29) is 18.1 Å². The van der Waals surface area contributed by atoms with E-state index < -0.39 is 40.3 Å². The number of esters is 1. The second-order valence-corrected chi connectivity index (χ2v) is 19.4. The fourth-order valence-electron chi connectivity index (χ4n) is 11.2. The third kappa shape index (κ3) is 6.51. The Hall–Kier alpha value is -4.72. The molecule has 8 aliphatic rings. The standard InChI is InChI=1S/C48H62N6O7/c1-28(2)12-11-17-46(8)18-16-32-39(59-46)31(14-13-29(3)4)41-35(40(32)58-25-24-53-22-20-52(9)21-23-53)37-36-38(54-27-49-44(50-37)51-54)33-26-34-45(6,7)61-47(42(33)55,48(34,36)60-41)19-15-30(5)43(56)57-10/h12-13,15-16,18,27,33-34,38H,11,14,17,19-26H2,1-10H3,(H,50,51)/b30-15-. The zero-order chi connectivity index (χ0) is 43.2. The van der Waals surface area contributed by atoms with Gasteiger partial charge in [-0.2, -0.15) is 0 Å². The Kier molecular flexibility index (Phi) is 10.2. The molecule has 2 saturated heterocycles. The first-order valence-electron chi connectivity index (χ1n) is 22.1. The van der Waals surface area contributed by atoms with Gasteiger partial charge in [0.1, 0.15) is 35.8 Å². The van der Waals surface area contributed by atoms with E-state index in [2.05, 4.69) is 94.9 Å². The van der Waals surface area contributed by atoms with Crippen molar-refractivity contribution in [3.8, 4) is 17.2 Å². The lowest BCUT2D eigenvalue weighted by Gasteiger charge is -2.60. The number of hydrogen-bond donors (Lipinski definition) is 1. The first kappa shape index (κ1) is 41.6. The summed E-state index contributed by atoms with van der Waals surface area (Å²) in [6.07, 6.45) is 15.1. The molecule has 13 nitrogen and oxygen atoms in total. The van der Waals surface area contributed by atoms with Crippen LogP contribution in [0.3, 0.4) is 0 Å². The van der Waals surface area contributed by atoms with Crippen LogP contribution in [0.4, 0.5) is 5.95 Å². The summed E-state index contributed by atoms with van der Waals surface area (Å²) in [6, 6.07) is -0.486. The number of methoxy groups -OCH3 is 1. The molecule has 5 fully saturated rings. The van der Waals surface area contributed by atoms with Gasteiger partial charge in [-0.3, -0.25) is 9.69 Å². The number of nitrogens with zero attached hydrogens (tertiary/aromatic N) is 5. The Labute approximate surface area is 359 Å². The molecule has 13 heteroatoms. The number of fused-ring (bicyclic) bond motifs is 5. The van der Waals surface area contributed by atoms with Gasteiger partial charge in [0.15, 0.2) is 17.0 Å². The number of aromatic nitrogens is 3. The van der Waals surface area contributed by atoms with Crippen LogP contribution in [0, 0.1) is 11.8 Å². The summed E-state index contributed by atoms with van der Waals surface area (Å²) in [7, 11) is 3.53. The largest absolute Gasteiger partial charge is 0.491 e. The van der Waals surface area contributed by atoms with Crippen LogP contribution in [0.1, 0.15) is 104 Å². The number of anilines is 1. The quantitative estimate of drug-likeness (QED) is 0.133. The van der Waals surface area contributed by atoms with Crippen molar-refractivity contribution in [2.75, 3.05) is 58.8 Å². The van der Waals surface area contributed by atoms with Gasteiger partial charge in [-0.05, 0) is 100 Å². The lowest BCUT2D eigenvalue weighted by Crippen LogP contribution is -2.74. The van der Waals surface area contributed by atoms with E-state index >= 15 is 4.79 Å². The van der Waals surface area contributed by atoms with Crippen molar-refractivity contribution in [2.24, 2.45) is 11.8 Å². The van der Waals surface area contributed by atoms with Crippen LogP contribution >= 0.6 is 0 Å². The van der Waals surface area contributed by atoms with E-state index in [1.165, 1.54) is 12.7 Å². The first-order valence-corrected chi connectivity index (χ1v) is 22.1. The number of likely N-dealkylation sites (N-methyl/N-ethyl adjacent to an activating group) is 1. The number of benzene rings is 1. The van der Waals surface area contributed by atoms with Gasteiger partial charge in [0.25, 0.3) is 0 Å². The van der Waals surface area contributed by atoms with E-state index in [0.717, 1.165) is 84.8 Å². The Balaban J connectivity index is 1.30. The summed E-state index contributed by atoms with van der Waals surface area (Å²) in [6.45, 7) is 21.6. The van der Waals surface area contributed by atoms with Crippen LogP contribution in [0.5, 0.6) is 17.2 Å². The molecule has 3 aliphatic carbocycles. The molecule has 5 aliphatic heterocycles. The smallest absolute Gasteiger partial charge is 0.333 e. The van der Waals surface area contributed by atoms with Gasteiger partial charge >= 0.3 is 5.97 Å². The molecule has 6 atom stereocenters. The van der Waals surface area contributed by atoms with Crippen molar-refractivity contribution in [2.45, 2.75) is 116 Å². The number of nitrogens with one attached hydrogen (secondary N) is 1. The third-order valence-electron chi connectivity index (χ3n) is 14.3. The SMILES string of the molecule is COC(=O)/C(C)=C\CC12OC(C)(C)C3CC(C1=O)C1C4=C(Nc5ncn1n5)c1c(OCCN5CCN(C)CC5)c5c(c(CC=C(C)C)c1OC432)OC(C)(CCC=C(C)C)C=C5. The fraction of sp³-hybridized carbons (Fsp3) is 0.583. The average molecular weight is 835 g/mol. The summed E-state index contributed by atoms with van der Waals surface area (Å²) >= 11 is 0. The zero-order valence-corrected chi connectivity index (χ0v) is 37.6. The zero-order valence-electron chi connectivity index (χ0n) is 37.6. The van der Waals surface area contributed by atoms with Crippen LogP contribution in [0.15, 0.2) is 52.9 Å². The monoisotopic (exact) mass is 834 g/mol. The molecule has 0 amide bonds. The molecule has 1 aromatic heterocycles. The Morgan fingerprint density at radius 1 is 1.02 bits per heavy atom. The second kappa shape index (κ2) is 15.0. The molecule has 1 aromatic carbocycles. The maximum Gasteiger partial charge on any atom is 0.333 e. The lowest BCUT2D eigenvalue weighted by atomic mass is 9.47. The molecule has 6 unspecified atom stereocenters. The van der Waals surface area contributed by atoms with E-state index in [1.54, 1.807) is 19.3 Å². The molecule has 1 spiro atoms. The minimum absolute atomic E-state index is 0.0581. The van der Waals surface area contributed by atoms with Gasteiger partial charge in [0.2, 0.25) is 5.95 Å². The second-order valence-electron chi connectivity index (χ2n) is 19.4. The molecule has 61 heavy (non-hydrogen) atoms. The Morgan fingerprint density at radius 3 is 2.49 bits per heavy atom. The summed E-state index contributed by atoms with van der Waals surface area (Å²) in [5.74, 6) is 1.18. The number of piperazine rings is 1. The number of carbonyl (C=O) groups excluding carboxylic acids is 2.